The van der Waals surface area contributed by atoms with Crippen molar-refractivity contribution in [3.8, 4) is 0 Å². The molecule has 1 fully saturated rings. The highest BCUT2D eigenvalue weighted by atomic mass is 15.4. The van der Waals surface area contributed by atoms with Gasteiger partial charge in [0.1, 0.15) is 0 Å². The molecule has 4 nitrogen and oxygen atoms in total. The molecule has 19 heavy (non-hydrogen) atoms. The van der Waals surface area contributed by atoms with Crippen LogP contribution in [0.25, 0.3) is 0 Å². The van der Waals surface area contributed by atoms with Crippen LogP contribution >= 0.6 is 0 Å². The van der Waals surface area contributed by atoms with Crippen LogP contribution in [0.3, 0.4) is 0 Å². The second-order valence-electron chi connectivity index (χ2n) is 5.61. The van der Waals surface area contributed by atoms with Crippen LogP contribution < -0.4 is 16.2 Å². The topological polar surface area (TPSA) is 44.5 Å². The molecule has 1 aliphatic rings. The zero-order valence-electron chi connectivity index (χ0n) is 12.3. The van der Waals surface area contributed by atoms with Gasteiger partial charge in [0.2, 0.25) is 0 Å². The number of hydrogen-bond donors (Lipinski definition) is 2. The Morgan fingerprint density at radius 2 is 2.05 bits per heavy atom. The Morgan fingerprint density at radius 1 is 1.37 bits per heavy atom. The number of nitrogens with one attached hydrogen (secondary N) is 1. The van der Waals surface area contributed by atoms with E-state index in [9.17, 15) is 0 Å². The molecule has 4 heteroatoms. The van der Waals surface area contributed by atoms with Gasteiger partial charge in [0.05, 0.1) is 5.69 Å². The Kier molecular flexibility index (Phi) is 4.80. The summed E-state index contributed by atoms with van der Waals surface area (Å²) in [4.78, 5) is 2.40. The van der Waals surface area contributed by atoms with E-state index in [0.717, 1.165) is 12.2 Å². The second-order valence-corrected chi connectivity index (χ2v) is 5.61. The number of likely N-dealkylation sites (tertiary alicyclic amines) is 1. The van der Waals surface area contributed by atoms with Crippen molar-refractivity contribution in [3.63, 3.8) is 0 Å². The monoisotopic (exact) mass is 262 g/mol. The van der Waals surface area contributed by atoms with Crippen molar-refractivity contribution in [2.45, 2.75) is 25.3 Å². The Labute approximate surface area is 116 Å². The summed E-state index contributed by atoms with van der Waals surface area (Å²) in [7, 11) is 6.07. The van der Waals surface area contributed by atoms with E-state index >= 15 is 0 Å². The average Bonchev–Trinajstić information content (AvgIpc) is 2.40. The van der Waals surface area contributed by atoms with Crippen LogP contribution in [-0.4, -0.2) is 39.1 Å². The van der Waals surface area contributed by atoms with Crippen LogP contribution in [0.5, 0.6) is 0 Å². The Balaban J connectivity index is 2.20. The summed E-state index contributed by atoms with van der Waals surface area (Å²) in [6.45, 7) is 3.23. The van der Waals surface area contributed by atoms with Crippen molar-refractivity contribution >= 4 is 5.69 Å². The molecule has 3 N–H and O–H groups in total. The highest BCUT2D eigenvalue weighted by molar-refractivity contribution is 5.54. The molecule has 0 unspecified atom stereocenters. The standard InChI is InChI=1S/C15H26N4/c1-17-11-14-5-4-13(10-15(14)19(3)16)12-6-8-18(2)9-7-12/h4-5,10,12,17H,6-9,11,16H2,1-3H3. The molecule has 0 aliphatic carbocycles. The summed E-state index contributed by atoms with van der Waals surface area (Å²) in [5.41, 5.74) is 3.82. The fourth-order valence-electron chi connectivity index (χ4n) is 2.85. The van der Waals surface area contributed by atoms with Gasteiger partial charge in [0, 0.05) is 13.6 Å². The second kappa shape index (κ2) is 6.37. The molecule has 1 heterocycles. The maximum Gasteiger partial charge on any atom is 0.0561 e. The molecule has 106 valence electrons. The van der Waals surface area contributed by atoms with Crippen molar-refractivity contribution in [3.05, 3.63) is 29.3 Å². The van der Waals surface area contributed by atoms with Crippen LogP contribution in [-0.2, 0) is 6.54 Å². The van der Waals surface area contributed by atoms with E-state index in [1.165, 1.54) is 37.1 Å². The van der Waals surface area contributed by atoms with Gasteiger partial charge in [-0.15, -0.1) is 0 Å². The molecular formula is C15H26N4. The van der Waals surface area contributed by atoms with Gasteiger partial charge in [0.25, 0.3) is 0 Å². The minimum absolute atomic E-state index is 0.679. The smallest absolute Gasteiger partial charge is 0.0561 e. The van der Waals surface area contributed by atoms with Gasteiger partial charge in [-0.2, -0.15) is 0 Å². The lowest BCUT2D eigenvalue weighted by Gasteiger charge is -2.30. The molecule has 1 aliphatic heterocycles. The van der Waals surface area contributed by atoms with Gasteiger partial charge in [0.15, 0.2) is 0 Å². The summed E-state index contributed by atoms with van der Waals surface area (Å²) in [6.07, 6.45) is 2.49. The summed E-state index contributed by atoms with van der Waals surface area (Å²) in [6, 6.07) is 6.75. The SMILES string of the molecule is CNCc1ccc(C2CCN(C)CC2)cc1N(C)N. The van der Waals surface area contributed by atoms with E-state index in [1.54, 1.807) is 5.01 Å². The number of rotatable bonds is 4. The lowest BCUT2D eigenvalue weighted by molar-refractivity contribution is 0.255. The van der Waals surface area contributed by atoms with Gasteiger partial charge in [-0.05, 0) is 63.1 Å². The Morgan fingerprint density at radius 3 is 2.63 bits per heavy atom. The summed E-state index contributed by atoms with van der Waals surface area (Å²) < 4.78 is 0. The first-order chi connectivity index (χ1) is 9.11. The number of nitrogens with zero attached hydrogens (tertiary/aromatic N) is 2. The van der Waals surface area contributed by atoms with Crippen molar-refractivity contribution < 1.29 is 0 Å². The Bertz CT molecular complexity index is 409. The predicted octanol–water partition coefficient (Wildman–Crippen LogP) is 1.53. The maximum absolute atomic E-state index is 5.96. The largest absolute Gasteiger partial charge is 0.316 e. The molecule has 0 saturated carbocycles. The molecule has 0 bridgehead atoms. The third-order valence-corrected chi connectivity index (χ3v) is 4.05. The normalized spacial score (nSPS) is 17.7. The highest BCUT2D eigenvalue weighted by Gasteiger charge is 2.19. The summed E-state index contributed by atoms with van der Waals surface area (Å²) >= 11 is 0. The van der Waals surface area contributed by atoms with Crippen LogP contribution in [0.2, 0.25) is 0 Å². The van der Waals surface area contributed by atoms with E-state index in [2.05, 4.69) is 35.5 Å². The minimum Gasteiger partial charge on any atom is -0.316 e. The van der Waals surface area contributed by atoms with Crippen LogP contribution in [0, 0.1) is 0 Å². The molecule has 0 spiro atoms. The molecule has 0 radical (unpaired) electrons. The molecule has 1 saturated heterocycles. The van der Waals surface area contributed by atoms with Gasteiger partial charge in [-0.1, -0.05) is 12.1 Å². The third kappa shape index (κ3) is 3.47. The first kappa shape index (κ1) is 14.3. The number of piperidine rings is 1. The van der Waals surface area contributed by atoms with E-state index in [0.29, 0.717) is 5.92 Å². The van der Waals surface area contributed by atoms with Crippen LogP contribution in [0.4, 0.5) is 5.69 Å². The third-order valence-electron chi connectivity index (χ3n) is 4.05. The molecule has 1 aromatic rings. The van der Waals surface area contributed by atoms with Gasteiger partial charge in [-0.3, -0.25) is 0 Å². The zero-order chi connectivity index (χ0) is 13.8. The Hall–Kier alpha value is -1.10. The van der Waals surface area contributed by atoms with Crippen molar-refractivity contribution in [2.24, 2.45) is 5.84 Å². The molecule has 2 rings (SSSR count). The first-order valence-electron chi connectivity index (χ1n) is 7.06. The number of benzene rings is 1. The van der Waals surface area contributed by atoms with E-state index in [4.69, 9.17) is 5.84 Å². The van der Waals surface area contributed by atoms with Crippen molar-refractivity contribution in [1.82, 2.24) is 10.2 Å². The summed E-state index contributed by atoms with van der Waals surface area (Å²) in [5, 5.41) is 4.92. The predicted molar refractivity (Wildman–Crippen MR) is 81.3 cm³/mol. The quantitative estimate of drug-likeness (QED) is 0.638. The van der Waals surface area contributed by atoms with Crippen LogP contribution in [0.1, 0.15) is 29.9 Å². The van der Waals surface area contributed by atoms with E-state index in [1.807, 2.05) is 14.1 Å². The van der Waals surface area contributed by atoms with E-state index in [-0.39, 0.29) is 0 Å². The van der Waals surface area contributed by atoms with Gasteiger partial charge >= 0.3 is 0 Å². The van der Waals surface area contributed by atoms with E-state index < -0.39 is 0 Å². The molecular weight excluding hydrogens is 236 g/mol. The fraction of sp³-hybridized carbons (Fsp3) is 0.600. The number of hydrogen-bond acceptors (Lipinski definition) is 4. The minimum atomic E-state index is 0.679. The lowest BCUT2D eigenvalue weighted by atomic mass is 9.88. The first-order valence-corrected chi connectivity index (χ1v) is 7.06. The molecule has 0 atom stereocenters. The maximum atomic E-state index is 5.96. The zero-order valence-corrected chi connectivity index (χ0v) is 12.3. The molecule has 0 amide bonds. The highest BCUT2D eigenvalue weighted by Crippen LogP contribution is 2.31. The fourth-order valence-corrected chi connectivity index (χ4v) is 2.85. The lowest BCUT2D eigenvalue weighted by Crippen LogP contribution is -2.30. The average molecular weight is 262 g/mol. The van der Waals surface area contributed by atoms with Gasteiger partial charge < -0.3 is 15.2 Å². The van der Waals surface area contributed by atoms with Crippen molar-refractivity contribution in [2.75, 3.05) is 39.2 Å². The number of nitrogens with two attached hydrogens (primary N) is 1. The molecule has 1 aromatic carbocycles. The van der Waals surface area contributed by atoms with Gasteiger partial charge in [-0.25, -0.2) is 5.84 Å². The summed E-state index contributed by atoms with van der Waals surface area (Å²) in [5.74, 6) is 6.64. The number of anilines is 1. The van der Waals surface area contributed by atoms with Crippen molar-refractivity contribution in [1.29, 1.82) is 0 Å². The number of hydrazine groups is 1. The van der Waals surface area contributed by atoms with Crippen LogP contribution in [0.15, 0.2) is 18.2 Å². The molecule has 0 aromatic heterocycles.